The van der Waals surface area contributed by atoms with Crippen LogP contribution in [-0.2, 0) is 14.3 Å². The van der Waals surface area contributed by atoms with Crippen LogP contribution >= 0.6 is 0 Å². The van der Waals surface area contributed by atoms with Crippen LogP contribution in [0.5, 0.6) is 11.5 Å². The van der Waals surface area contributed by atoms with Gasteiger partial charge in [-0.2, -0.15) is 0 Å². The van der Waals surface area contributed by atoms with Crippen molar-refractivity contribution >= 4 is 17.8 Å². The molecule has 1 aromatic carbocycles. The van der Waals surface area contributed by atoms with Crippen molar-refractivity contribution in [1.29, 1.82) is 0 Å². The Labute approximate surface area is 174 Å². The number of rotatable bonds is 6. The molecule has 2 aliphatic rings. The standard InChI is InChI=1S/C21H24N4O5/c1-24(21-22-7-3-8-23-21)13-20(27)30-14-19(26)25-9-2-4-16(25)15-5-6-17-18(12-15)29-11-10-28-17/h3,5-8,12,16H,2,4,9-11,13-14H2,1H3. The first kappa shape index (κ1) is 19.9. The molecular weight excluding hydrogens is 388 g/mol. The quantitative estimate of drug-likeness (QED) is 0.661. The molecule has 158 valence electrons. The second-order valence-electron chi connectivity index (χ2n) is 7.21. The fourth-order valence-corrected chi connectivity index (χ4v) is 3.70. The molecule has 1 saturated heterocycles. The number of likely N-dealkylation sites (N-methyl/N-ethyl adjacent to an activating group) is 1. The number of ether oxygens (including phenoxy) is 3. The van der Waals surface area contributed by atoms with Crippen molar-refractivity contribution in [3.63, 3.8) is 0 Å². The number of likely N-dealkylation sites (tertiary alicyclic amines) is 1. The van der Waals surface area contributed by atoms with Gasteiger partial charge in [-0.1, -0.05) is 6.07 Å². The van der Waals surface area contributed by atoms with E-state index < -0.39 is 5.97 Å². The number of hydrogen-bond donors (Lipinski definition) is 0. The lowest BCUT2D eigenvalue weighted by Crippen LogP contribution is -2.36. The maximum Gasteiger partial charge on any atom is 0.326 e. The number of nitrogens with zero attached hydrogens (tertiary/aromatic N) is 4. The molecule has 1 fully saturated rings. The smallest absolute Gasteiger partial charge is 0.326 e. The topological polar surface area (TPSA) is 94.1 Å². The number of carbonyl (C=O) groups excluding carboxylic acids is 2. The van der Waals surface area contributed by atoms with Gasteiger partial charge in [-0.3, -0.25) is 9.59 Å². The van der Waals surface area contributed by atoms with Gasteiger partial charge in [0.05, 0.1) is 6.04 Å². The van der Waals surface area contributed by atoms with E-state index in [1.165, 1.54) is 0 Å². The van der Waals surface area contributed by atoms with E-state index >= 15 is 0 Å². The Morgan fingerprint density at radius 3 is 2.77 bits per heavy atom. The zero-order valence-electron chi connectivity index (χ0n) is 16.8. The number of carbonyl (C=O) groups is 2. The molecule has 1 atom stereocenters. The number of amides is 1. The van der Waals surface area contributed by atoms with Gasteiger partial charge in [-0.05, 0) is 36.6 Å². The van der Waals surface area contributed by atoms with E-state index in [0.717, 1.165) is 24.2 Å². The highest BCUT2D eigenvalue weighted by atomic mass is 16.6. The first-order chi connectivity index (χ1) is 14.6. The van der Waals surface area contributed by atoms with E-state index in [-0.39, 0.29) is 25.1 Å². The molecule has 0 bridgehead atoms. The van der Waals surface area contributed by atoms with Gasteiger partial charge < -0.3 is 24.0 Å². The number of fused-ring (bicyclic) bond motifs is 1. The van der Waals surface area contributed by atoms with E-state index in [1.54, 1.807) is 35.3 Å². The average Bonchev–Trinajstić information content (AvgIpc) is 3.28. The van der Waals surface area contributed by atoms with Crippen molar-refractivity contribution in [2.45, 2.75) is 18.9 Å². The highest BCUT2D eigenvalue weighted by molar-refractivity contribution is 5.82. The molecule has 2 aromatic rings. The molecule has 2 aliphatic heterocycles. The predicted molar refractivity (Wildman–Crippen MR) is 107 cm³/mol. The van der Waals surface area contributed by atoms with Crippen molar-refractivity contribution in [1.82, 2.24) is 14.9 Å². The third-order valence-corrected chi connectivity index (χ3v) is 5.14. The van der Waals surface area contributed by atoms with Gasteiger partial charge in [0.15, 0.2) is 18.1 Å². The Bertz CT molecular complexity index is 908. The molecule has 4 rings (SSSR count). The second kappa shape index (κ2) is 8.98. The highest BCUT2D eigenvalue weighted by Crippen LogP contribution is 2.38. The van der Waals surface area contributed by atoms with E-state index in [1.807, 2.05) is 18.2 Å². The molecule has 0 radical (unpaired) electrons. The lowest BCUT2D eigenvalue weighted by Gasteiger charge is -2.26. The molecule has 0 saturated carbocycles. The fourth-order valence-electron chi connectivity index (χ4n) is 3.70. The molecule has 9 nitrogen and oxygen atoms in total. The van der Waals surface area contributed by atoms with E-state index in [4.69, 9.17) is 14.2 Å². The van der Waals surface area contributed by atoms with Crippen LogP contribution in [0.1, 0.15) is 24.4 Å². The molecule has 3 heterocycles. The molecule has 0 aliphatic carbocycles. The third-order valence-electron chi connectivity index (χ3n) is 5.14. The summed E-state index contributed by atoms with van der Waals surface area (Å²) in [5.41, 5.74) is 0.998. The largest absolute Gasteiger partial charge is 0.486 e. The molecule has 0 N–H and O–H groups in total. The Hall–Kier alpha value is -3.36. The maximum absolute atomic E-state index is 12.7. The van der Waals surface area contributed by atoms with Crippen LogP contribution in [0.15, 0.2) is 36.7 Å². The molecule has 1 amide bonds. The fraction of sp³-hybridized carbons (Fsp3) is 0.429. The van der Waals surface area contributed by atoms with Crippen LogP contribution < -0.4 is 14.4 Å². The number of aromatic nitrogens is 2. The summed E-state index contributed by atoms with van der Waals surface area (Å²) in [4.78, 5) is 36.4. The van der Waals surface area contributed by atoms with Crippen molar-refractivity contribution in [3.05, 3.63) is 42.2 Å². The van der Waals surface area contributed by atoms with E-state index in [9.17, 15) is 9.59 Å². The summed E-state index contributed by atoms with van der Waals surface area (Å²) in [6, 6.07) is 7.41. The minimum absolute atomic E-state index is 0.0388. The van der Waals surface area contributed by atoms with Crippen LogP contribution in [0.2, 0.25) is 0 Å². The van der Waals surface area contributed by atoms with Gasteiger partial charge in [-0.25, -0.2) is 9.97 Å². The first-order valence-corrected chi connectivity index (χ1v) is 9.94. The van der Waals surface area contributed by atoms with Crippen LogP contribution in [0.3, 0.4) is 0 Å². The summed E-state index contributed by atoms with van der Waals surface area (Å²) < 4.78 is 16.4. The summed E-state index contributed by atoms with van der Waals surface area (Å²) in [6.45, 7) is 1.36. The van der Waals surface area contributed by atoms with Crippen molar-refractivity contribution in [2.75, 3.05) is 44.9 Å². The molecule has 1 unspecified atom stereocenters. The summed E-state index contributed by atoms with van der Waals surface area (Å²) in [6.07, 6.45) is 4.94. The summed E-state index contributed by atoms with van der Waals surface area (Å²) in [5.74, 6) is 1.13. The second-order valence-corrected chi connectivity index (χ2v) is 7.21. The Kier molecular flexibility index (Phi) is 5.97. The molecule has 30 heavy (non-hydrogen) atoms. The van der Waals surface area contributed by atoms with Crippen LogP contribution in [0, 0.1) is 0 Å². The summed E-state index contributed by atoms with van der Waals surface area (Å²) >= 11 is 0. The summed E-state index contributed by atoms with van der Waals surface area (Å²) in [7, 11) is 1.69. The van der Waals surface area contributed by atoms with Crippen molar-refractivity contribution < 1.29 is 23.8 Å². The average molecular weight is 412 g/mol. The SMILES string of the molecule is CN(CC(=O)OCC(=O)N1CCCC1c1ccc2c(c1)OCCO2)c1ncccn1. The van der Waals surface area contributed by atoms with Gasteiger partial charge >= 0.3 is 5.97 Å². The number of esters is 1. The van der Waals surface area contributed by atoms with Crippen LogP contribution in [-0.4, -0.2) is 66.7 Å². The van der Waals surface area contributed by atoms with Gasteiger partial charge in [0, 0.05) is 26.0 Å². The van der Waals surface area contributed by atoms with Gasteiger partial charge in [-0.15, -0.1) is 0 Å². The Morgan fingerprint density at radius 2 is 1.97 bits per heavy atom. The van der Waals surface area contributed by atoms with Crippen LogP contribution in [0.25, 0.3) is 0 Å². The van der Waals surface area contributed by atoms with Gasteiger partial charge in [0.25, 0.3) is 5.91 Å². The highest BCUT2D eigenvalue weighted by Gasteiger charge is 2.31. The third kappa shape index (κ3) is 4.45. The monoisotopic (exact) mass is 412 g/mol. The van der Waals surface area contributed by atoms with Crippen LogP contribution in [0.4, 0.5) is 5.95 Å². The maximum atomic E-state index is 12.7. The zero-order valence-corrected chi connectivity index (χ0v) is 16.8. The first-order valence-electron chi connectivity index (χ1n) is 9.94. The zero-order chi connectivity index (χ0) is 20.9. The number of benzene rings is 1. The van der Waals surface area contributed by atoms with E-state index in [2.05, 4.69) is 9.97 Å². The van der Waals surface area contributed by atoms with Gasteiger partial charge in [0.1, 0.15) is 19.8 Å². The van der Waals surface area contributed by atoms with Crippen molar-refractivity contribution in [2.24, 2.45) is 0 Å². The lowest BCUT2D eigenvalue weighted by molar-refractivity contribution is -0.151. The normalized spacial score (nSPS) is 17.5. The number of anilines is 1. The van der Waals surface area contributed by atoms with Crippen molar-refractivity contribution in [3.8, 4) is 11.5 Å². The Balaban J connectivity index is 1.33. The number of hydrogen-bond acceptors (Lipinski definition) is 8. The minimum atomic E-state index is -0.506. The summed E-state index contributed by atoms with van der Waals surface area (Å²) in [5, 5.41) is 0. The van der Waals surface area contributed by atoms with Gasteiger partial charge in [0.2, 0.25) is 5.95 Å². The Morgan fingerprint density at radius 1 is 1.20 bits per heavy atom. The molecule has 1 aromatic heterocycles. The predicted octanol–water partition coefficient (Wildman–Crippen LogP) is 1.59. The minimum Gasteiger partial charge on any atom is -0.486 e. The molecule has 9 heteroatoms. The molecule has 0 spiro atoms. The van der Waals surface area contributed by atoms with E-state index in [0.29, 0.717) is 31.5 Å². The lowest BCUT2D eigenvalue weighted by atomic mass is 10.0. The molecular formula is C21H24N4O5.